The molecule has 3 N–H and O–H groups in total. The van der Waals surface area contributed by atoms with Crippen molar-refractivity contribution < 1.29 is 9.50 Å². The average Bonchev–Trinajstić information content (AvgIpc) is 3.07. The standard InChI is InChI=1S/C17H24FN5OS/c1-4-19-16(20-9-14-11-25-17(22-14)23(2)3)21-10-15(24)12-5-7-13(18)8-6-12/h5-8,11,15,24H,4,9-10H2,1-3H3,(H2,19,20,21). The van der Waals surface area contributed by atoms with Crippen LogP contribution in [-0.2, 0) is 6.54 Å². The van der Waals surface area contributed by atoms with Gasteiger partial charge >= 0.3 is 0 Å². The molecule has 0 spiro atoms. The Morgan fingerprint density at radius 2 is 2.04 bits per heavy atom. The summed E-state index contributed by atoms with van der Waals surface area (Å²) in [6, 6.07) is 5.82. The molecule has 1 heterocycles. The zero-order valence-corrected chi connectivity index (χ0v) is 15.5. The van der Waals surface area contributed by atoms with Crippen molar-refractivity contribution in [1.82, 2.24) is 15.6 Å². The van der Waals surface area contributed by atoms with E-state index < -0.39 is 6.10 Å². The van der Waals surface area contributed by atoms with Gasteiger partial charge in [0.1, 0.15) is 5.82 Å². The minimum atomic E-state index is -0.746. The summed E-state index contributed by atoms with van der Waals surface area (Å²) >= 11 is 1.57. The lowest BCUT2D eigenvalue weighted by Gasteiger charge is -2.15. The van der Waals surface area contributed by atoms with E-state index in [1.54, 1.807) is 23.5 Å². The van der Waals surface area contributed by atoms with Crippen LogP contribution in [0, 0.1) is 5.82 Å². The van der Waals surface area contributed by atoms with Crippen molar-refractivity contribution in [1.29, 1.82) is 0 Å². The van der Waals surface area contributed by atoms with E-state index in [0.717, 1.165) is 10.8 Å². The molecule has 0 amide bonds. The number of aliphatic hydroxyl groups is 1. The van der Waals surface area contributed by atoms with Crippen molar-refractivity contribution in [2.45, 2.75) is 19.6 Å². The Kier molecular flexibility index (Phi) is 7.15. The van der Waals surface area contributed by atoms with Crippen molar-refractivity contribution >= 4 is 22.4 Å². The molecule has 1 unspecified atom stereocenters. The molecule has 0 aliphatic heterocycles. The van der Waals surface area contributed by atoms with Gasteiger partial charge in [-0.05, 0) is 24.6 Å². The van der Waals surface area contributed by atoms with Crippen LogP contribution in [0.5, 0.6) is 0 Å². The first-order valence-electron chi connectivity index (χ1n) is 8.07. The lowest BCUT2D eigenvalue weighted by molar-refractivity contribution is 0.180. The molecule has 0 aliphatic carbocycles. The van der Waals surface area contributed by atoms with Crippen LogP contribution >= 0.6 is 11.3 Å². The van der Waals surface area contributed by atoms with Crippen LogP contribution in [0.15, 0.2) is 34.6 Å². The number of hydrogen-bond donors (Lipinski definition) is 3. The van der Waals surface area contributed by atoms with Crippen LogP contribution in [0.3, 0.4) is 0 Å². The Balaban J connectivity index is 1.93. The van der Waals surface area contributed by atoms with E-state index >= 15 is 0 Å². The molecule has 1 aromatic carbocycles. The fourth-order valence-corrected chi connectivity index (χ4v) is 2.82. The van der Waals surface area contributed by atoms with Crippen LogP contribution < -0.4 is 15.5 Å². The Labute approximate surface area is 151 Å². The zero-order chi connectivity index (χ0) is 18.2. The fraction of sp³-hybridized carbons (Fsp3) is 0.412. The van der Waals surface area contributed by atoms with Crippen LogP contribution in [0.1, 0.15) is 24.3 Å². The SMILES string of the molecule is CCNC(=NCc1csc(N(C)C)n1)NCC(O)c1ccc(F)cc1. The number of aliphatic imine (C=N–C) groups is 1. The highest BCUT2D eigenvalue weighted by Crippen LogP contribution is 2.18. The van der Waals surface area contributed by atoms with Gasteiger partial charge in [-0.25, -0.2) is 14.4 Å². The highest BCUT2D eigenvalue weighted by molar-refractivity contribution is 7.13. The van der Waals surface area contributed by atoms with Crippen molar-refractivity contribution in [2.24, 2.45) is 4.99 Å². The van der Waals surface area contributed by atoms with Crippen molar-refractivity contribution in [3.63, 3.8) is 0 Å². The molecule has 0 fully saturated rings. The third-order valence-electron chi connectivity index (χ3n) is 3.38. The van der Waals surface area contributed by atoms with E-state index in [1.165, 1.54) is 12.1 Å². The van der Waals surface area contributed by atoms with Crippen LogP contribution in [0.4, 0.5) is 9.52 Å². The summed E-state index contributed by atoms with van der Waals surface area (Å²) in [7, 11) is 3.91. The van der Waals surface area contributed by atoms with E-state index in [4.69, 9.17) is 0 Å². The molecule has 2 rings (SSSR count). The van der Waals surface area contributed by atoms with Gasteiger partial charge in [-0.2, -0.15) is 0 Å². The van der Waals surface area contributed by atoms with Gasteiger partial charge in [0.2, 0.25) is 0 Å². The quantitative estimate of drug-likeness (QED) is 0.518. The molecule has 0 bridgehead atoms. The maximum absolute atomic E-state index is 12.9. The normalized spacial score (nSPS) is 12.8. The van der Waals surface area contributed by atoms with E-state index in [1.807, 2.05) is 31.3 Å². The summed E-state index contributed by atoms with van der Waals surface area (Å²) in [6.45, 7) is 3.41. The Bertz CT molecular complexity index is 687. The van der Waals surface area contributed by atoms with Gasteiger partial charge in [0.05, 0.1) is 18.3 Å². The molecule has 1 atom stereocenters. The van der Waals surface area contributed by atoms with Crippen molar-refractivity contribution in [2.75, 3.05) is 32.1 Å². The minimum Gasteiger partial charge on any atom is -0.387 e. The van der Waals surface area contributed by atoms with E-state index in [-0.39, 0.29) is 12.4 Å². The van der Waals surface area contributed by atoms with E-state index in [9.17, 15) is 9.50 Å². The van der Waals surface area contributed by atoms with Gasteiger partial charge in [0.15, 0.2) is 11.1 Å². The summed E-state index contributed by atoms with van der Waals surface area (Å²) < 4.78 is 12.9. The largest absolute Gasteiger partial charge is 0.387 e. The number of nitrogens with one attached hydrogen (secondary N) is 2. The summed E-state index contributed by atoms with van der Waals surface area (Å²) in [5.41, 5.74) is 1.55. The molecular formula is C17H24FN5OS. The lowest BCUT2D eigenvalue weighted by atomic mass is 10.1. The molecule has 2 aromatic rings. The number of hydrogen-bond acceptors (Lipinski definition) is 5. The molecular weight excluding hydrogens is 341 g/mol. The number of nitrogens with zero attached hydrogens (tertiary/aromatic N) is 3. The van der Waals surface area contributed by atoms with Crippen LogP contribution in [-0.4, -0.2) is 43.2 Å². The summed E-state index contributed by atoms with van der Waals surface area (Å²) in [5.74, 6) is 0.280. The number of benzene rings is 1. The van der Waals surface area contributed by atoms with E-state index in [0.29, 0.717) is 24.6 Å². The lowest BCUT2D eigenvalue weighted by Crippen LogP contribution is -2.39. The summed E-state index contributed by atoms with van der Waals surface area (Å²) in [4.78, 5) is 10.9. The van der Waals surface area contributed by atoms with Crippen molar-refractivity contribution in [3.05, 3.63) is 46.7 Å². The second-order valence-corrected chi connectivity index (χ2v) is 6.50. The van der Waals surface area contributed by atoms with Crippen molar-refractivity contribution in [3.8, 4) is 0 Å². The summed E-state index contributed by atoms with van der Waals surface area (Å²) in [6.07, 6.45) is -0.746. The van der Waals surface area contributed by atoms with E-state index in [2.05, 4.69) is 20.6 Å². The fourth-order valence-electron chi connectivity index (χ4n) is 2.07. The number of aromatic nitrogens is 1. The first-order valence-corrected chi connectivity index (χ1v) is 8.95. The topological polar surface area (TPSA) is 72.8 Å². The maximum Gasteiger partial charge on any atom is 0.191 e. The zero-order valence-electron chi connectivity index (χ0n) is 14.7. The number of anilines is 1. The predicted molar refractivity (Wildman–Crippen MR) is 101 cm³/mol. The molecule has 8 heteroatoms. The monoisotopic (exact) mass is 365 g/mol. The average molecular weight is 365 g/mol. The Morgan fingerprint density at radius 1 is 1.32 bits per heavy atom. The molecule has 0 radical (unpaired) electrons. The highest BCUT2D eigenvalue weighted by Gasteiger charge is 2.09. The maximum atomic E-state index is 12.9. The number of aliphatic hydroxyl groups excluding tert-OH is 1. The molecule has 0 saturated carbocycles. The number of rotatable bonds is 7. The smallest absolute Gasteiger partial charge is 0.191 e. The minimum absolute atomic E-state index is 0.275. The number of guanidine groups is 1. The Morgan fingerprint density at radius 3 is 2.64 bits per heavy atom. The third kappa shape index (κ3) is 5.99. The molecule has 0 aliphatic rings. The van der Waals surface area contributed by atoms with Crippen LogP contribution in [0.25, 0.3) is 0 Å². The van der Waals surface area contributed by atoms with Gasteiger partial charge in [0.25, 0.3) is 0 Å². The summed E-state index contributed by atoms with van der Waals surface area (Å²) in [5, 5.41) is 19.3. The second kappa shape index (κ2) is 9.33. The molecule has 0 saturated heterocycles. The molecule has 6 nitrogen and oxygen atoms in total. The first kappa shape index (κ1) is 19.1. The van der Waals surface area contributed by atoms with Gasteiger partial charge in [-0.3, -0.25) is 0 Å². The predicted octanol–water partition coefficient (Wildman–Crippen LogP) is 2.14. The number of thiazole rings is 1. The number of halogens is 1. The Hall–Kier alpha value is -2.19. The molecule has 25 heavy (non-hydrogen) atoms. The van der Waals surface area contributed by atoms with Gasteiger partial charge in [-0.15, -0.1) is 11.3 Å². The van der Waals surface area contributed by atoms with Gasteiger partial charge in [-0.1, -0.05) is 12.1 Å². The molecule has 136 valence electrons. The van der Waals surface area contributed by atoms with Gasteiger partial charge in [0, 0.05) is 32.6 Å². The third-order valence-corrected chi connectivity index (χ3v) is 4.44. The molecule has 1 aromatic heterocycles. The van der Waals surface area contributed by atoms with Gasteiger partial charge < -0.3 is 20.6 Å². The second-order valence-electron chi connectivity index (χ2n) is 5.66. The first-order chi connectivity index (χ1) is 12.0. The van der Waals surface area contributed by atoms with Crippen LogP contribution in [0.2, 0.25) is 0 Å². The highest BCUT2D eigenvalue weighted by atomic mass is 32.1.